The minimum Gasteiger partial charge on any atom is -0.351 e. The molecule has 3 aliphatic heterocycles. The lowest BCUT2D eigenvalue weighted by Crippen LogP contribution is -2.34. The van der Waals surface area contributed by atoms with E-state index in [1.54, 1.807) is 30.5 Å². The van der Waals surface area contributed by atoms with Crippen molar-refractivity contribution in [2.45, 2.75) is 45.2 Å². The van der Waals surface area contributed by atoms with Gasteiger partial charge in [-0.1, -0.05) is 6.07 Å². The molecule has 6 rings (SSSR count). The van der Waals surface area contributed by atoms with Gasteiger partial charge in [-0.25, -0.2) is 19.3 Å². The highest BCUT2D eigenvalue weighted by Crippen LogP contribution is 2.28. The van der Waals surface area contributed by atoms with Gasteiger partial charge in [-0.2, -0.15) is 0 Å². The zero-order valence-corrected chi connectivity index (χ0v) is 20.7. The average Bonchev–Trinajstić information content (AvgIpc) is 2.95. The highest BCUT2D eigenvalue weighted by atomic mass is 19.1. The lowest BCUT2D eigenvalue weighted by molar-refractivity contribution is 0.0978. The largest absolute Gasteiger partial charge is 0.351 e. The van der Waals surface area contributed by atoms with Crippen LogP contribution in [0.1, 0.15) is 68.9 Å². The first-order valence-corrected chi connectivity index (χ1v) is 13.0. The third-order valence-corrected chi connectivity index (χ3v) is 7.42. The van der Waals surface area contributed by atoms with Gasteiger partial charge in [0.25, 0.3) is 0 Å². The number of ketones is 2. The van der Waals surface area contributed by atoms with E-state index in [1.807, 2.05) is 4.90 Å². The Morgan fingerprint density at radius 2 is 1.92 bits per heavy atom. The van der Waals surface area contributed by atoms with E-state index in [2.05, 4.69) is 15.2 Å². The van der Waals surface area contributed by atoms with Gasteiger partial charge in [0.05, 0.1) is 16.8 Å². The Kier molecular flexibility index (Phi) is 6.38. The molecule has 1 aromatic carbocycles. The number of fused-ring (bicyclic) bond motifs is 2. The summed E-state index contributed by atoms with van der Waals surface area (Å²) in [5.41, 5.74) is 3.28. The van der Waals surface area contributed by atoms with Crippen LogP contribution >= 0.6 is 0 Å². The zero-order valence-electron chi connectivity index (χ0n) is 20.7. The number of Topliss-reactive ketones (excluding diaryl/α,β-unsaturated/α-hetero) is 1. The molecule has 2 aromatic heterocycles. The normalized spacial score (nSPS) is 17.4. The lowest BCUT2D eigenvalue weighted by atomic mass is 9.97. The topological polar surface area (TPSA) is 91.3 Å². The molecule has 1 N–H and O–H groups in total. The van der Waals surface area contributed by atoms with Crippen LogP contribution < -0.4 is 15.1 Å². The van der Waals surface area contributed by atoms with E-state index in [9.17, 15) is 9.59 Å². The van der Waals surface area contributed by atoms with Gasteiger partial charge in [0.15, 0.2) is 5.78 Å². The van der Waals surface area contributed by atoms with Crippen LogP contribution in [-0.2, 0) is 19.5 Å². The Morgan fingerprint density at radius 1 is 1.05 bits per heavy atom. The predicted octanol–water partition coefficient (Wildman–Crippen LogP) is 3.47. The van der Waals surface area contributed by atoms with Crippen molar-refractivity contribution in [3.8, 4) is 0 Å². The molecule has 0 unspecified atom stereocenters. The number of carbonyl (C=O) groups excluding carboxylic acids is 2. The van der Waals surface area contributed by atoms with Crippen LogP contribution in [0.15, 0.2) is 36.5 Å². The van der Waals surface area contributed by atoms with Crippen molar-refractivity contribution in [2.24, 2.45) is 0 Å². The van der Waals surface area contributed by atoms with Gasteiger partial charge < -0.3 is 15.1 Å². The minimum absolute atomic E-state index is 0.00268. The maximum absolute atomic E-state index is 15.1. The second-order valence-corrected chi connectivity index (χ2v) is 9.88. The molecule has 0 atom stereocenters. The molecule has 0 aliphatic carbocycles. The number of aromatic nitrogens is 3. The summed E-state index contributed by atoms with van der Waals surface area (Å²) in [6.07, 6.45) is 6.09. The van der Waals surface area contributed by atoms with Crippen molar-refractivity contribution in [2.75, 3.05) is 36.0 Å². The summed E-state index contributed by atoms with van der Waals surface area (Å²) in [6.45, 7) is 3.94. The highest BCUT2D eigenvalue weighted by Gasteiger charge is 2.28. The van der Waals surface area contributed by atoms with Gasteiger partial charge in [0.2, 0.25) is 11.7 Å². The SMILES string of the molecule is O=C1CCN(Cc2ccc(F)c(C(=O)c3nc(N4CCCCC4)nc4c3CNCC4)c2)c2ncccc21. The molecule has 190 valence electrons. The van der Waals surface area contributed by atoms with E-state index in [0.29, 0.717) is 49.8 Å². The fourth-order valence-electron chi connectivity index (χ4n) is 5.44. The Balaban J connectivity index is 1.34. The van der Waals surface area contributed by atoms with Crippen molar-refractivity contribution < 1.29 is 14.0 Å². The number of rotatable bonds is 5. The third-order valence-electron chi connectivity index (χ3n) is 7.42. The second-order valence-electron chi connectivity index (χ2n) is 9.88. The van der Waals surface area contributed by atoms with E-state index in [-0.39, 0.29) is 17.0 Å². The predicted molar refractivity (Wildman–Crippen MR) is 138 cm³/mol. The molecule has 8 nitrogen and oxygen atoms in total. The van der Waals surface area contributed by atoms with E-state index in [1.165, 1.54) is 12.5 Å². The van der Waals surface area contributed by atoms with Crippen LogP contribution in [0.3, 0.4) is 0 Å². The summed E-state index contributed by atoms with van der Waals surface area (Å²) in [5, 5.41) is 3.30. The van der Waals surface area contributed by atoms with Gasteiger partial charge >= 0.3 is 0 Å². The maximum atomic E-state index is 15.1. The summed E-state index contributed by atoms with van der Waals surface area (Å²) < 4.78 is 15.1. The van der Waals surface area contributed by atoms with Gasteiger partial charge in [-0.3, -0.25) is 9.59 Å². The highest BCUT2D eigenvalue weighted by molar-refractivity contribution is 6.09. The monoisotopic (exact) mass is 500 g/mol. The van der Waals surface area contributed by atoms with Crippen LogP contribution in [0.4, 0.5) is 16.2 Å². The van der Waals surface area contributed by atoms with Crippen molar-refractivity contribution in [3.05, 3.63) is 76.0 Å². The van der Waals surface area contributed by atoms with Gasteiger partial charge in [-0.15, -0.1) is 0 Å². The second kappa shape index (κ2) is 9.97. The number of carbonyl (C=O) groups is 2. The molecular weight excluding hydrogens is 471 g/mol. The first kappa shape index (κ1) is 23.7. The quantitative estimate of drug-likeness (QED) is 0.533. The van der Waals surface area contributed by atoms with Gasteiger partial charge in [0, 0.05) is 63.9 Å². The Morgan fingerprint density at radius 3 is 2.78 bits per heavy atom. The van der Waals surface area contributed by atoms with Crippen LogP contribution in [0.25, 0.3) is 0 Å². The van der Waals surface area contributed by atoms with Crippen molar-refractivity contribution in [1.29, 1.82) is 0 Å². The van der Waals surface area contributed by atoms with E-state index in [4.69, 9.17) is 9.97 Å². The number of nitrogens with one attached hydrogen (secondary N) is 1. The van der Waals surface area contributed by atoms with Crippen molar-refractivity contribution in [3.63, 3.8) is 0 Å². The number of hydrogen-bond donors (Lipinski definition) is 1. The number of piperidine rings is 1. The molecule has 0 bridgehead atoms. The molecule has 5 heterocycles. The Labute approximate surface area is 214 Å². The van der Waals surface area contributed by atoms with Crippen LogP contribution in [0.2, 0.25) is 0 Å². The van der Waals surface area contributed by atoms with Gasteiger partial charge in [-0.05, 0) is 49.1 Å². The molecule has 1 saturated heterocycles. The van der Waals surface area contributed by atoms with E-state index >= 15 is 4.39 Å². The number of halogens is 1. The van der Waals surface area contributed by atoms with Gasteiger partial charge in [0.1, 0.15) is 17.3 Å². The molecule has 3 aromatic rings. The fraction of sp³-hybridized carbons (Fsp3) is 0.393. The molecule has 0 radical (unpaired) electrons. The maximum Gasteiger partial charge on any atom is 0.226 e. The minimum atomic E-state index is -0.572. The molecule has 1 fully saturated rings. The van der Waals surface area contributed by atoms with E-state index in [0.717, 1.165) is 49.3 Å². The molecule has 37 heavy (non-hydrogen) atoms. The number of anilines is 2. The fourth-order valence-corrected chi connectivity index (χ4v) is 5.44. The summed E-state index contributed by atoms with van der Waals surface area (Å²) in [4.78, 5) is 44.2. The molecule has 0 spiro atoms. The Hall–Kier alpha value is -3.72. The van der Waals surface area contributed by atoms with Crippen LogP contribution in [0.5, 0.6) is 0 Å². The number of hydrogen-bond acceptors (Lipinski definition) is 8. The average molecular weight is 501 g/mol. The van der Waals surface area contributed by atoms with Crippen molar-refractivity contribution >= 4 is 23.3 Å². The summed E-state index contributed by atoms with van der Waals surface area (Å²) in [5.74, 6) is 0.268. The number of benzene rings is 1. The third kappa shape index (κ3) is 4.59. The summed E-state index contributed by atoms with van der Waals surface area (Å²) in [6, 6.07) is 8.17. The smallest absolute Gasteiger partial charge is 0.226 e. The Bertz CT molecular complexity index is 1370. The van der Waals surface area contributed by atoms with E-state index < -0.39 is 11.6 Å². The van der Waals surface area contributed by atoms with Crippen molar-refractivity contribution in [1.82, 2.24) is 20.3 Å². The lowest BCUT2D eigenvalue weighted by Gasteiger charge is -2.29. The molecule has 0 saturated carbocycles. The summed E-state index contributed by atoms with van der Waals surface area (Å²) >= 11 is 0. The number of pyridine rings is 1. The molecule has 0 amide bonds. The molecular formula is C28H29FN6O2. The first-order chi connectivity index (χ1) is 18.1. The number of nitrogens with zero attached hydrogens (tertiary/aromatic N) is 5. The summed E-state index contributed by atoms with van der Waals surface area (Å²) in [7, 11) is 0. The standard InChI is InChI=1S/C28H29FN6O2/c29-22-7-6-18(17-35-14-9-24(36)19-5-4-10-31-27(19)35)15-20(22)26(37)25-21-16-30-11-8-23(21)32-28(33-25)34-12-2-1-3-13-34/h4-7,10,15,30H,1-3,8-9,11-14,16-17H2. The van der Waals surface area contributed by atoms with Crippen LogP contribution in [-0.4, -0.2) is 52.7 Å². The first-order valence-electron chi connectivity index (χ1n) is 13.0. The molecule has 3 aliphatic rings. The molecule has 9 heteroatoms. The van der Waals surface area contributed by atoms with Crippen LogP contribution in [0, 0.1) is 5.82 Å². The zero-order chi connectivity index (χ0) is 25.4.